The molecule has 0 saturated carbocycles. The summed E-state index contributed by atoms with van der Waals surface area (Å²) in [4.78, 5) is 13.6. The average molecular weight is 493 g/mol. The second-order valence-electron chi connectivity index (χ2n) is 9.05. The van der Waals surface area contributed by atoms with Crippen LogP contribution in [0.3, 0.4) is 0 Å². The molecular formula is C31H28N2O4. The Hall–Kier alpha value is -4.58. The molecule has 5 rings (SSSR count). The van der Waals surface area contributed by atoms with Crippen LogP contribution in [-0.2, 0) is 13.2 Å². The van der Waals surface area contributed by atoms with Crippen LogP contribution in [0.5, 0.6) is 17.2 Å². The van der Waals surface area contributed by atoms with Crippen molar-refractivity contribution >= 4 is 5.65 Å². The van der Waals surface area contributed by atoms with Crippen LogP contribution in [0.2, 0.25) is 0 Å². The van der Waals surface area contributed by atoms with Gasteiger partial charge in [0.1, 0.15) is 18.8 Å². The summed E-state index contributed by atoms with van der Waals surface area (Å²) in [6.07, 6.45) is 1.88. The minimum Gasteiger partial charge on any atom is -0.872 e. The summed E-state index contributed by atoms with van der Waals surface area (Å²) in [5.74, 6) is 1.12. The molecule has 0 aliphatic heterocycles. The first-order valence-electron chi connectivity index (χ1n) is 12.1. The standard InChI is InChI=1S/C31H28N2O4/c1-21-9-8-10-24(17-21)20-37-27-15-14-23(18-28(27)36-3)19-33-29-13-6-7-16-32(29)30(22(2)31(33)35)25-11-4-5-12-26(25)34/h4-18H,19-20H2,1-3H3. The lowest BCUT2D eigenvalue weighted by Gasteiger charge is -2.16. The molecule has 0 bridgehead atoms. The summed E-state index contributed by atoms with van der Waals surface area (Å²) in [5, 5.41) is 12.6. The Bertz CT molecular complexity index is 1660. The van der Waals surface area contributed by atoms with E-state index in [1.54, 1.807) is 30.7 Å². The highest BCUT2D eigenvalue weighted by Gasteiger charge is 2.23. The molecule has 2 aromatic heterocycles. The van der Waals surface area contributed by atoms with E-state index in [2.05, 4.69) is 19.1 Å². The molecule has 37 heavy (non-hydrogen) atoms. The maximum Gasteiger partial charge on any atom is 0.341 e. The number of aromatic nitrogens is 2. The summed E-state index contributed by atoms with van der Waals surface area (Å²) < 4.78 is 15.3. The predicted octanol–water partition coefficient (Wildman–Crippen LogP) is 4.58. The third kappa shape index (κ3) is 4.78. The number of nitrogens with zero attached hydrogens (tertiary/aromatic N) is 2. The fourth-order valence-electron chi connectivity index (χ4n) is 4.65. The minimum atomic E-state index is -0.150. The van der Waals surface area contributed by atoms with E-state index in [0.717, 1.165) is 11.1 Å². The van der Waals surface area contributed by atoms with Gasteiger partial charge in [0.15, 0.2) is 11.5 Å². The topological polar surface area (TPSA) is 67.6 Å². The summed E-state index contributed by atoms with van der Waals surface area (Å²) >= 11 is 0. The molecule has 3 aromatic carbocycles. The molecule has 2 heterocycles. The van der Waals surface area contributed by atoms with Gasteiger partial charge >= 0.3 is 5.56 Å². The molecule has 0 N–H and O–H groups in total. The zero-order valence-corrected chi connectivity index (χ0v) is 21.1. The van der Waals surface area contributed by atoms with E-state index in [1.807, 2.05) is 65.2 Å². The van der Waals surface area contributed by atoms with Crippen molar-refractivity contribution in [1.29, 1.82) is 0 Å². The number of ether oxygens (including phenoxy) is 2. The number of para-hydroxylation sites is 1. The van der Waals surface area contributed by atoms with E-state index in [4.69, 9.17) is 9.47 Å². The quantitative estimate of drug-likeness (QED) is 0.312. The first-order chi connectivity index (χ1) is 18.0. The maximum absolute atomic E-state index is 13.6. The molecule has 6 heteroatoms. The Balaban J connectivity index is 1.51. The van der Waals surface area contributed by atoms with Crippen LogP contribution in [0.1, 0.15) is 22.3 Å². The highest BCUT2D eigenvalue weighted by molar-refractivity contribution is 5.67. The van der Waals surface area contributed by atoms with Gasteiger partial charge in [0.05, 0.1) is 18.9 Å². The van der Waals surface area contributed by atoms with Gasteiger partial charge in [0.25, 0.3) is 5.65 Å². The van der Waals surface area contributed by atoms with E-state index in [9.17, 15) is 9.90 Å². The Morgan fingerprint density at radius 1 is 0.865 bits per heavy atom. The minimum absolute atomic E-state index is 0.119. The summed E-state index contributed by atoms with van der Waals surface area (Å²) in [7, 11) is 1.61. The monoisotopic (exact) mass is 492 g/mol. The summed E-state index contributed by atoms with van der Waals surface area (Å²) in [5.41, 5.74) is 5.32. The van der Waals surface area contributed by atoms with Gasteiger partial charge in [-0.3, -0.25) is 0 Å². The van der Waals surface area contributed by atoms with E-state index < -0.39 is 0 Å². The molecule has 0 fully saturated rings. The number of aryl methyl sites for hydroxylation is 1. The summed E-state index contributed by atoms with van der Waals surface area (Å²) in [6.45, 7) is 4.58. The Morgan fingerprint density at radius 2 is 1.68 bits per heavy atom. The SMILES string of the molecule is COc1cc(Cn2c(=O)c(C)c(-c3ccccc3[O-])[n+]3ccccc23)ccc1OCc1cccc(C)c1. The molecular weight excluding hydrogens is 464 g/mol. The van der Waals surface area contributed by atoms with Crippen LogP contribution in [0.25, 0.3) is 16.9 Å². The average Bonchev–Trinajstić information content (AvgIpc) is 2.91. The molecule has 186 valence electrons. The van der Waals surface area contributed by atoms with E-state index in [0.29, 0.717) is 47.1 Å². The zero-order chi connectivity index (χ0) is 25.9. The first kappa shape index (κ1) is 24.1. The van der Waals surface area contributed by atoms with Gasteiger partial charge in [-0.1, -0.05) is 72.0 Å². The van der Waals surface area contributed by atoms with Crippen molar-refractivity contribution in [3.63, 3.8) is 0 Å². The van der Waals surface area contributed by atoms with Gasteiger partial charge in [0.2, 0.25) is 0 Å². The highest BCUT2D eigenvalue weighted by Crippen LogP contribution is 2.30. The Labute approximate surface area is 215 Å². The second-order valence-corrected chi connectivity index (χ2v) is 9.05. The van der Waals surface area contributed by atoms with Gasteiger partial charge in [-0.25, -0.2) is 4.79 Å². The lowest BCUT2D eigenvalue weighted by molar-refractivity contribution is -0.504. The molecule has 0 saturated heterocycles. The van der Waals surface area contributed by atoms with Crippen LogP contribution in [0.4, 0.5) is 0 Å². The van der Waals surface area contributed by atoms with Crippen LogP contribution in [-0.4, -0.2) is 11.7 Å². The molecule has 0 aliphatic carbocycles. The van der Waals surface area contributed by atoms with Gasteiger partial charge in [-0.2, -0.15) is 8.97 Å². The van der Waals surface area contributed by atoms with Gasteiger partial charge in [0, 0.05) is 11.6 Å². The smallest absolute Gasteiger partial charge is 0.341 e. The van der Waals surface area contributed by atoms with Crippen molar-refractivity contribution in [2.75, 3.05) is 7.11 Å². The largest absolute Gasteiger partial charge is 0.872 e. The number of benzene rings is 3. The number of hydrogen-bond acceptors (Lipinski definition) is 4. The molecule has 0 amide bonds. The van der Waals surface area contributed by atoms with Crippen molar-refractivity contribution in [3.8, 4) is 28.5 Å². The van der Waals surface area contributed by atoms with Crippen LogP contribution in [0, 0.1) is 13.8 Å². The lowest BCUT2D eigenvalue weighted by Crippen LogP contribution is -2.38. The van der Waals surface area contributed by atoms with Gasteiger partial charge in [-0.05, 0) is 43.2 Å². The number of fused-ring (bicyclic) bond motifs is 1. The molecule has 6 nitrogen and oxygen atoms in total. The normalized spacial score (nSPS) is 11.0. The first-order valence-corrected chi connectivity index (χ1v) is 12.1. The third-order valence-corrected chi connectivity index (χ3v) is 6.46. The number of methoxy groups -OCH3 is 1. The van der Waals surface area contributed by atoms with Crippen molar-refractivity contribution in [2.45, 2.75) is 27.0 Å². The molecule has 0 atom stereocenters. The molecule has 5 aromatic rings. The van der Waals surface area contributed by atoms with E-state index >= 15 is 0 Å². The van der Waals surface area contributed by atoms with Crippen LogP contribution < -0.4 is 24.5 Å². The lowest BCUT2D eigenvalue weighted by atomic mass is 10.1. The highest BCUT2D eigenvalue weighted by atomic mass is 16.5. The molecule has 0 radical (unpaired) electrons. The fraction of sp³-hybridized carbons (Fsp3) is 0.161. The zero-order valence-electron chi connectivity index (χ0n) is 21.1. The van der Waals surface area contributed by atoms with Crippen molar-refractivity contribution < 1.29 is 19.0 Å². The Morgan fingerprint density at radius 3 is 2.46 bits per heavy atom. The van der Waals surface area contributed by atoms with Gasteiger partial charge < -0.3 is 14.6 Å². The summed E-state index contributed by atoms with van der Waals surface area (Å²) in [6, 6.07) is 26.3. The van der Waals surface area contributed by atoms with Crippen molar-refractivity contribution in [1.82, 2.24) is 4.57 Å². The van der Waals surface area contributed by atoms with Crippen LogP contribution in [0.15, 0.2) is 95.9 Å². The van der Waals surface area contributed by atoms with Gasteiger partial charge in [-0.15, -0.1) is 0 Å². The third-order valence-electron chi connectivity index (χ3n) is 6.46. The van der Waals surface area contributed by atoms with Crippen molar-refractivity contribution in [2.24, 2.45) is 0 Å². The van der Waals surface area contributed by atoms with Crippen molar-refractivity contribution in [3.05, 3.63) is 124 Å². The Kier molecular flexibility index (Phi) is 6.64. The second kappa shape index (κ2) is 10.2. The molecule has 0 spiro atoms. The van der Waals surface area contributed by atoms with E-state index in [1.165, 1.54) is 11.6 Å². The van der Waals surface area contributed by atoms with Crippen LogP contribution >= 0.6 is 0 Å². The predicted molar refractivity (Wildman–Crippen MR) is 141 cm³/mol. The number of rotatable bonds is 7. The fourth-order valence-corrected chi connectivity index (χ4v) is 4.65. The van der Waals surface area contributed by atoms with E-state index in [-0.39, 0.29) is 11.3 Å². The maximum atomic E-state index is 13.6. The molecule has 0 unspecified atom stereocenters. The number of hydrogen-bond donors (Lipinski definition) is 0. The number of pyridine rings is 1. The molecule has 0 aliphatic rings.